The monoisotopic (exact) mass is 344 g/mol. The second-order valence-electron chi connectivity index (χ2n) is 5.72. The molecule has 0 aliphatic rings. The first-order valence-corrected chi connectivity index (χ1v) is 8.04. The van der Waals surface area contributed by atoms with Crippen LogP contribution in [0.3, 0.4) is 0 Å². The van der Waals surface area contributed by atoms with E-state index in [0.29, 0.717) is 28.1 Å². The lowest BCUT2D eigenvalue weighted by atomic mass is 10.00. The number of ether oxygens (including phenoxy) is 1. The fourth-order valence-corrected chi connectivity index (χ4v) is 2.14. The van der Waals surface area contributed by atoms with Gasteiger partial charge in [0.05, 0.1) is 7.11 Å². The van der Waals surface area contributed by atoms with Crippen molar-refractivity contribution in [2.75, 3.05) is 14.2 Å². The molecular weight excluding hydrogens is 324 g/mol. The smallest absolute Gasteiger partial charge is 0.213 e. The van der Waals surface area contributed by atoms with Crippen LogP contribution >= 0.6 is 11.6 Å². The van der Waals surface area contributed by atoms with E-state index < -0.39 is 0 Å². The van der Waals surface area contributed by atoms with E-state index in [1.54, 1.807) is 36.5 Å². The van der Waals surface area contributed by atoms with Gasteiger partial charge in [-0.05, 0) is 50.4 Å². The van der Waals surface area contributed by atoms with Crippen molar-refractivity contribution >= 4 is 23.5 Å². The lowest BCUT2D eigenvalue weighted by molar-refractivity contribution is 0.103. The molecule has 0 radical (unpaired) electrons. The fourth-order valence-electron chi connectivity index (χ4n) is 2.01. The summed E-state index contributed by atoms with van der Waals surface area (Å²) in [5.41, 5.74) is 1.85. The second-order valence-corrected chi connectivity index (χ2v) is 6.16. The molecule has 0 aliphatic heterocycles. The van der Waals surface area contributed by atoms with E-state index in [2.05, 4.69) is 23.7 Å². The molecule has 0 aliphatic carbocycles. The van der Waals surface area contributed by atoms with E-state index in [9.17, 15) is 4.79 Å². The number of ketones is 1. The summed E-state index contributed by atoms with van der Waals surface area (Å²) in [6, 6.07) is 8.86. The van der Waals surface area contributed by atoms with Crippen LogP contribution in [0.5, 0.6) is 5.88 Å². The minimum Gasteiger partial charge on any atom is -0.481 e. The molecule has 0 spiro atoms. The zero-order valence-electron chi connectivity index (χ0n) is 14.3. The number of methoxy groups -OCH3 is 1. The molecule has 0 bridgehead atoms. The first kappa shape index (κ1) is 18.0. The maximum atomic E-state index is 12.9. The molecular formula is C19H21ClN2O2. The molecule has 0 amide bonds. The van der Waals surface area contributed by atoms with Crippen LogP contribution in [0.15, 0.2) is 42.7 Å². The number of carbonyl (C=O) groups excluding carboxylic acids is 1. The minimum atomic E-state index is -0.0979. The average molecular weight is 345 g/mol. The normalized spacial score (nSPS) is 11.1. The average Bonchev–Trinajstić information content (AvgIpc) is 2.59. The van der Waals surface area contributed by atoms with Crippen LogP contribution in [-0.2, 0) is 0 Å². The van der Waals surface area contributed by atoms with Crippen molar-refractivity contribution in [2.45, 2.75) is 19.9 Å². The van der Waals surface area contributed by atoms with Crippen LogP contribution in [0.4, 0.5) is 0 Å². The summed E-state index contributed by atoms with van der Waals surface area (Å²) in [4.78, 5) is 19.1. The Bertz CT molecular complexity index is 740. The zero-order chi connectivity index (χ0) is 17.7. The van der Waals surface area contributed by atoms with Crippen molar-refractivity contribution in [3.05, 3.63) is 64.4 Å². The zero-order valence-corrected chi connectivity index (χ0v) is 15.0. The van der Waals surface area contributed by atoms with Crippen LogP contribution in [0.1, 0.15) is 35.3 Å². The summed E-state index contributed by atoms with van der Waals surface area (Å²) in [7, 11) is 3.51. The summed E-state index contributed by atoms with van der Waals surface area (Å²) in [5.74, 6) is 0.306. The van der Waals surface area contributed by atoms with Gasteiger partial charge in [-0.2, -0.15) is 0 Å². The SMILES string of the molecule is COc1cc(C(=O)c2ccc(Cl)cc2)c(/C=C/N(C)C(C)C)cn1. The Kier molecular flexibility index (Phi) is 5.99. The Labute approximate surface area is 147 Å². The third-order valence-electron chi connectivity index (χ3n) is 3.77. The molecule has 0 saturated heterocycles. The Morgan fingerprint density at radius 1 is 1.29 bits per heavy atom. The Hall–Kier alpha value is -2.33. The number of halogens is 1. The molecule has 1 aromatic carbocycles. The number of carbonyl (C=O) groups is 1. The molecule has 0 atom stereocenters. The molecule has 0 unspecified atom stereocenters. The molecule has 0 saturated carbocycles. The van der Waals surface area contributed by atoms with Crippen LogP contribution in [0.2, 0.25) is 5.02 Å². The number of hydrogen-bond acceptors (Lipinski definition) is 4. The largest absolute Gasteiger partial charge is 0.481 e. The highest BCUT2D eigenvalue weighted by molar-refractivity contribution is 6.30. The number of aromatic nitrogens is 1. The predicted molar refractivity (Wildman–Crippen MR) is 97.6 cm³/mol. The van der Waals surface area contributed by atoms with Gasteiger partial charge in [-0.1, -0.05) is 11.6 Å². The lowest BCUT2D eigenvalue weighted by Crippen LogP contribution is -2.19. The molecule has 0 fully saturated rings. The van der Waals surface area contributed by atoms with E-state index in [4.69, 9.17) is 16.3 Å². The Morgan fingerprint density at radius 3 is 2.54 bits per heavy atom. The number of benzene rings is 1. The van der Waals surface area contributed by atoms with Gasteiger partial charge in [-0.25, -0.2) is 4.98 Å². The molecule has 5 heteroatoms. The van der Waals surface area contributed by atoms with Crippen molar-refractivity contribution < 1.29 is 9.53 Å². The summed E-state index contributed by atoms with van der Waals surface area (Å²) < 4.78 is 5.16. The maximum absolute atomic E-state index is 12.9. The van der Waals surface area contributed by atoms with E-state index in [1.165, 1.54) is 7.11 Å². The van der Waals surface area contributed by atoms with Gasteiger partial charge < -0.3 is 9.64 Å². The molecule has 24 heavy (non-hydrogen) atoms. The molecule has 1 heterocycles. The predicted octanol–water partition coefficient (Wildman–Crippen LogP) is 4.29. The van der Waals surface area contributed by atoms with Gasteiger partial charge in [-0.15, -0.1) is 0 Å². The minimum absolute atomic E-state index is 0.0979. The van der Waals surface area contributed by atoms with E-state index in [1.807, 2.05) is 19.3 Å². The summed E-state index contributed by atoms with van der Waals surface area (Å²) in [5, 5.41) is 0.595. The summed E-state index contributed by atoms with van der Waals surface area (Å²) >= 11 is 5.90. The van der Waals surface area contributed by atoms with Crippen molar-refractivity contribution in [3.8, 4) is 5.88 Å². The molecule has 1 aromatic heterocycles. The summed E-state index contributed by atoms with van der Waals surface area (Å²) in [6.45, 7) is 4.19. The third kappa shape index (κ3) is 4.36. The van der Waals surface area contributed by atoms with Gasteiger partial charge in [0.1, 0.15) is 0 Å². The number of pyridine rings is 1. The van der Waals surface area contributed by atoms with Crippen molar-refractivity contribution in [2.24, 2.45) is 0 Å². The highest BCUT2D eigenvalue weighted by atomic mass is 35.5. The standard InChI is InChI=1S/C19H21ClN2O2/c1-13(2)22(3)10-9-15-12-21-18(24-4)11-17(15)19(23)14-5-7-16(20)8-6-14/h5-13H,1-4H3/b10-9+. The third-order valence-corrected chi connectivity index (χ3v) is 4.03. The van der Waals surface area contributed by atoms with Gasteiger partial charge in [0.15, 0.2) is 5.78 Å². The van der Waals surface area contributed by atoms with Crippen LogP contribution in [0, 0.1) is 0 Å². The highest BCUT2D eigenvalue weighted by Gasteiger charge is 2.15. The van der Waals surface area contributed by atoms with Gasteiger partial charge in [0, 0.05) is 47.1 Å². The van der Waals surface area contributed by atoms with E-state index in [-0.39, 0.29) is 5.78 Å². The highest BCUT2D eigenvalue weighted by Crippen LogP contribution is 2.21. The number of hydrogen-bond donors (Lipinski definition) is 0. The van der Waals surface area contributed by atoms with Gasteiger partial charge in [-0.3, -0.25) is 4.79 Å². The van der Waals surface area contributed by atoms with Gasteiger partial charge >= 0.3 is 0 Å². The molecule has 0 N–H and O–H groups in total. The van der Waals surface area contributed by atoms with Crippen molar-refractivity contribution in [1.82, 2.24) is 9.88 Å². The van der Waals surface area contributed by atoms with E-state index >= 15 is 0 Å². The first-order chi connectivity index (χ1) is 11.4. The molecule has 126 valence electrons. The van der Waals surface area contributed by atoms with Crippen LogP contribution < -0.4 is 4.74 Å². The molecule has 2 aromatic rings. The summed E-state index contributed by atoms with van der Waals surface area (Å²) in [6.07, 6.45) is 5.47. The lowest BCUT2D eigenvalue weighted by Gasteiger charge is -2.18. The maximum Gasteiger partial charge on any atom is 0.213 e. The molecule has 4 nitrogen and oxygen atoms in total. The topological polar surface area (TPSA) is 42.4 Å². The van der Waals surface area contributed by atoms with Crippen LogP contribution in [-0.4, -0.2) is 35.9 Å². The number of rotatable bonds is 6. The van der Waals surface area contributed by atoms with Crippen molar-refractivity contribution in [1.29, 1.82) is 0 Å². The fraction of sp³-hybridized carbons (Fsp3) is 0.263. The Balaban J connectivity index is 2.42. The first-order valence-electron chi connectivity index (χ1n) is 7.66. The van der Waals surface area contributed by atoms with Crippen LogP contribution in [0.25, 0.3) is 6.08 Å². The quantitative estimate of drug-likeness (QED) is 0.733. The number of nitrogens with zero attached hydrogens (tertiary/aromatic N) is 2. The Morgan fingerprint density at radius 2 is 1.96 bits per heavy atom. The van der Waals surface area contributed by atoms with Gasteiger partial charge in [0.2, 0.25) is 5.88 Å². The molecule has 2 rings (SSSR count). The van der Waals surface area contributed by atoms with E-state index in [0.717, 1.165) is 5.56 Å². The second kappa shape index (κ2) is 7.97. The van der Waals surface area contributed by atoms with Crippen molar-refractivity contribution in [3.63, 3.8) is 0 Å². The van der Waals surface area contributed by atoms with Gasteiger partial charge in [0.25, 0.3) is 0 Å².